The van der Waals surface area contributed by atoms with E-state index in [-0.39, 0.29) is 27.7 Å². The van der Waals surface area contributed by atoms with Crippen LogP contribution in [0.3, 0.4) is 0 Å². The smallest absolute Gasteiger partial charge is 0.409 e. The molecule has 3 aromatic rings. The highest BCUT2D eigenvalue weighted by Crippen LogP contribution is 2.41. The van der Waals surface area contributed by atoms with Crippen LogP contribution in [0.2, 0.25) is 10.0 Å². The standard InChI is InChI=1S/C22H20Cl2FN3O4/c1-11(17-15(23)3-4-16(25)18(17)24)32-20-19-13(9-27-21(20)26)14(10-31-19)12-5-7-28(8-6-12)22(29)30-2/h3-5,9-11H,6-8H2,1-2H3,(H2,26,27)/t11-/m1/s1. The van der Waals surface area contributed by atoms with Crippen molar-refractivity contribution in [3.63, 3.8) is 0 Å². The minimum Gasteiger partial charge on any atom is -0.478 e. The van der Waals surface area contributed by atoms with Gasteiger partial charge >= 0.3 is 6.09 Å². The number of amides is 1. The first-order valence-corrected chi connectivity index (χ1v) is 10.6. The number of fused-ring (bicyclic) bond motifs is 1. The number of furan rings is 1. The van der Waals surface area contributed by atoms with Crippen LogP contribution in [0, 0.1) is 5.82 Å². The van der Waals surface area contributed by atoms with Gasteiger partial charge in [-0.3, -0.25) is 0 Å². The Morgan fingerprint density at radius 3 is 2.84 bits per heavy atom. The van der Waals surface area contributed by atoms with E-state index >= 15 is 0 Å². The summed E-state index contributed by atoms with van der Waals surface area (Å²) in [5.41, 5.74) is 8.60. The molecule has 0 unspecified atom stereocenters. The number of carbonyl (C=O) groups is 1. The van der Waals surface area contributed by atoms with Crippen molar-refractivity contribution >= 4 is 51.7 Å². The van der Waals surface area contributed by atoms with E-state index in [1.807, 2.05) is 6.08 Å². The molecule has 0 fully saturated rings. The summed E-state index contributed by atoms with van der Waals surface area (Å²) in [4.78, 5) is 17.6. The number of methoxy groups -OCH3 is 1. The van der Waals surface area contributed by atoms with Gasteiger partial charge in [0.2, 0.25) is 5.75 Å². The topological polar surface area (TPSA) is 90.8 Å². The number of ether oxygens (including phenoxy) is 2. The molecule has 32 heavy (non-hydrogen) atoms. The van der Waals surface area contributed by atoms with Crippen molar-refractivity contribution in [2.24, 2.45) is 0 Å². The van der Waals surface area contributed by atoms with Crippen LogP contribution in [0.5, 0.6) is 5.75 Å². The highest BCUT2D eigenvalue weighted by molar-refractivity contribution is 6.36. The predicted molar refractivity (Wildman–Crippen MR) is 120 cm³/mol. The number of carbonyl (C=O) groups excluding carboxylic acids is 1. The fourth-order valence-electron chi connectivity index (χ4n) is 3.70. The van der Waals surface area contributed by atoms with Crippen molar-refractivity contribution < 1.29 is 23.1 Å². The molecule has 1 amide bonds. The maximum Gasteiger partial charge on any atom is 0.409 e. The molecule has 1 aliphatic rings. The summed E-state index contributed by atoms with van der Waals surface area (Å²) in [7, 11) is 1.36. The van der Waals surface area contributed by atoms with E-state index in [4.69, 9.17) is 42.8 Å². The zero-order valence-electron chi connectivity index (χ0n) is 17.3. The van der Waals surface area contributed by atoms with Crippen LogP contribution in [0.25, 0.3) is 16.5 Å². The number of anilines is 1. The predicted octanol–water partition coefficient (Wildman–Crippen LogP) is 5.85. The lowest BCUT2D eigenvalue weighted by Gasteiger charge is -2.24. The molecule has 0 spiro atoms. The largest absolute Gasteiger partial charge is 0.478 e. The number of pyridine rings is 1. The third kappa shape index (κ3) is 3.96. The zero-order valence-corrected chi connectivity index (χ0v) is 18.8. The molecule has 0 saturated carbocycles. The molecular weight excluding hydrogens is 460 g/mol. The van der Waals surface area contributed by atoms with Gasteiger partial charge in [0, 0.05) is 35.4 Å². The number of hydrogen-bond donors (Lipinski definition) is 1. The number of rotatable bonds is 4. The molecule has 0 bridgehead atoms. The Kier molecular flexibility index (Phi) is 6.17. The second kappa shape index (κ2) is 8.88. The first kappa shape index (κ1) is 22.2. The molecule has 1 atom stereocenters. The van der Waals surface area contributed by atoms with Crippen LogP contribution >= 0.6 is 23.2 Å². The Morgan fingerprint density at radius 1 is 1.38 bits per heavy atom. The normalized spacial score (nSPS) is 14.9. The van der Waals surface area contributed by atoms with E-state index < -0.39 is 11.9 Å². The molecule has 7 nitrogen and oxygen atoms in total. The highest BCUT2D eigenvalue weighted by Gasteiger charge is 2.25. The fraction of sp³-hybridized carbons (Fsp3) is 0.273. The van der Waals surface area contributed by atoms with Crippen molar-refractivity contribution in [3.05, 3.63) is 57.7 Å². The van der Waals surface area contributed by atoms with Crippen molar-refractivity contribution in [1.29, 1.82) is 0 Å². The Bertz CT molecular complexity index is 1230. The van der Waals surface area contributed by atoms with E-state index in [1.54, 1.807) is 24.3 Å². The molecule has 0 saturated heterocycles. The highest BCUT2D eigenvalue weighted by atomic mass is 35.5. The summed E-state index contributed by atoms with van der Waals surface area (Å²) >= 11 is 12.3. The van der Waals surface area contributed by atoms with Gasteiger partial charge in [-0.05, 0) is 31.1 Å². The summed E-state index contributed by atoms with van der Waals surface area (Å²) in [6.45, 7) is 2.62. The third-order valence-electron chi connectivity index (χ3n) is 5.37. The molecule has 2 N–H and O–H groups in total. The third-order valence-corrected chi connectivity index (χ3v) is 6.08. The van der Waals surface area contributed by atoms with Gasteiger partial charge in [-0.1, -0.05) is 29.3 Å². The summed E-state index contributed by atoms with van der Waals surface area (Å²) in [6.07, 6.45) is 4.68. The summed E-state index contributed by atoms with van der Waals surface area (Å²) in [5.74, 6) is -0.273. The average molecular weight is 480 g/mol. The number of nitrogens with two attached hydrogens (primary N) is 1. The van der Waals surface area contributed by atoms with E-state index in [0.29, 0.717) is 36.0 Å². The fourth-order valence-corrected chi connectivity index (χ4v) is 4.38. The minimum atomic E-state index is -0.725. The number of hydrogen-bond acceptors (Lipinski definition) is 6. The summed E-state index contributed by atoms with van der Waals surface area (Å²) in [6, 6.07) is 2.61. The molecule has 0 radical (unpaired) electrons. The Labute approximate surface area is 193 Å². The van der Waals surface area contributed by atoms with E-state index in [9.17, 15) is 9.18 Å². The Balaban J connectivity index is 1.67. The lowest BCUT2D eigenvalue weighted by atomic mass is 9.99. The van der Waals surface area contributed by atoms with Crippen molar-refractivity contribution in [3.8, 4) is 5.75 Å². The first-order valence-electron chi connectivity index (χ1n) is 9.79. The number of nitrogens with zero attached hydrogens (tertiary/aromatic N) is 2. The van der Waals surface area contributed by atoms with Crippen LogP contribution < -0.4 is 10.5 Å². The number of nitrogen functional groups attached to an aromatic ring is 1. The molecular formula is C22H20Cl2FN3O4. The molecule has 0 aliphatic carbocycles. The second-order valence-electron chi connectivity index (χ2n) is 7.28. The van der Waals surface area contributed by atoms with Gasteiger partial charge in [0.05, 0.1) is 23.8 Å². The average Bonchev–Trinajstić information content (AvgIpc) is 3.22. The van der Waals surface area contributed by atoms with Gasteiger partial charge in [-0.25, -0.2) is 14.2 Å². The maximum absolute atomic E-state index is 14.0. The van der Waals surface area contributed by atoms with Crippen molar-refractivity contribution in [1.82, 2.24) is 9.88 Å². The van der Waals surface area contributed by atoms with Gasteiger partial charge in [0.25, 0.3) is 0 Å². The lowest BCUT2D eigenvalue weighted by molar-refractivity contribution is 0.128. The first-order chi connectivity index (χ1) is 15.3. The number of halogens is 3. The van der Waals surface area contributed by atoms with E-state index in [1.165, 1.54) is 19.2 Å². The quantitative estimate of drug-likeness (QED) is 0.471. The van der Waals surface area contributed by atoms with Gasteiger partial charge in [0.1, 0.15) is 11.9 Å². The lowest BCUT2D eigenvalue weighted by Crippen LogP contribution is -2.34. The second-order valence-corrected chi connectivity index (χ2v) is 8.06. The van der Waals surface area contributed by atoms with Crippen LogP contribution in [-0.4, -0.2) is 36.2 Å². The molecule has 10 heteroatoms. The summed E-state index contributed by atoms with van der Waals surface area (Å²) in [5, 5.41) is 0.854. The van der Waals surface area contributed by atoms with Crippen LogP contribution in [0.15, 0.2) is 35.1 Å². The number of aromatic nitrogens is 1. The zero-order chi connectivity index (χ0) is 23.0. The SMILES string of the molecule is COC(=O)N1CC=C(c2coc3c(O[C@H](C)c4c(Cl)ccc(F)c4Cl)c(N)ncc23)CC1. The van der Waals surface area contributed by atoms with Crippen LogP contribution in [0.1, 0.15) is 30.6 Å². The molecule has 4 rings (SSSR count). The Hall–Kier alpha value is -2.97. The van der Waals surface area contributed by atoms with E-state index in [0.717, 1.165) is 11.1 Å². The minimum absolute atomic E-state index is 0.114. The van der Waals surface area contributed by atoms with Crippen molar-refractivity contribution in [2.45, 2.75) is 19.4 Å². The van der Waals surface area contributed by atoms with Crippen molar-refractivity contribution in [2.75, 3.05) is 25.9 Å². The molecule has 1 aliphatic heterocycles. The van der Waals surface area contributed by atoms with Crippen LogP contribution in [0.4, 0.5) is 15.0 Å². The molecule has 2 aromatic heterocycles. The summed E-state index contributed by atoms with van der Waals surface area (Å²) < 4.78 is 30.5. The van der Waals surface area contributed by atoms with Gasteiger partial charge in [0.15, 0.2) is 11.4 Å². The van der Waals surface area contributed by atoms with Gasteiger partial charge in [-0.15, -0.1) is 0 Å². The molecule has 1 aromatic carbocycles. The van der Waals surface area contributed by atoms with Gasteiger partial charge in [-0.2, -0.15) is 0 Å². The van der Waals surface area contributed by atoms with E-state index in [2.05, 4.69) is 4.98 Å². The van der Waals surface area contributed by atoms with Crippen LogP contribution in [-0.2, 0) is 4.74 Å². The van der Waals surface area contributed by atoms with Gasteiger partial charge < -0.3 is 24.5 Å². The maximum atomic E-state index is 14.0. The molecule has 168 valence electrons. The number of benzene rings is 1. The Morgan fingerprint density at radius 2 is 2.16 bits per heavy atom. The molecule has 3 heterocycles. The monoisotopic (exact) mass is 479 g/mol.